The minimum atomic E-state index is -1.69. The SMILES string of the molecule is O=C(O)c1cc(CC(C(=O)O)C(=O)O)on1. The number of rotatable bonds is 5. The number of hydrogen-bond donors (Lipinski definition) is 3. The summed E-state index contributed by atoms with van der Waals surface area (Å²) < 4.78 is 4.50. The van der Waals surface area contributed by atoms with Gasteiger partial charge < -0.3 is 19.8 Å². The van der Waals surface area contributed by atoms with E-state index in [1.807, 2.05) is 0 Å². The van der Waals surface area contributed by atoms with Crippen LogP contribution in [-0.2, 0) is 16.0 Å². The molecule has 1 aromatic heterocycles. The van der Waals surface area contributed by atoms with Gasteiger partial charge in [-0.3, -0.25) is 9.59 Å². The third-order valence-corrected chi connectivity index (χ3v) is 1.78. The predicted molar refractivity (Wildman–Crippen MR) is 45.9 cm³/mol. The number of nitrogens with zero attached hydrogens (tertiary/aromatic N) is 1. The lowest BCUT2D eigenvalue weighted by molar-refractivity contribution is -0.154. The van der Waals surface area contributed by atoms with Crippen molar-refractivity contribution in [2.45, 2.75) is 6.42 Å². The highest BCUT2D eigenvalue weighted by Gasteiger charge is 2.28. The first-order valence-corrected chi connectivity index (χ1v) is 4.06. The molecule has 0 atom stereocenters. The molecule has 0 unspecified atom stereocenters. The molecule has 0 aliphatic heterocycles. The summed E-state index contributed by atoms with van der Waals surface area (Å²) in [4.78, 5) is 31.5. The number of carboxylic acids is 3. The van der Waals surface area contributed by atoms with Gasteiger partial charge in [0.05, 0.1) is 0 Å². The maximum atomic E-state index is 10.5. The number of aromatic nitrogens is 1. The van der Waals surface area contributed by atoms with E-state index < -0.39 is 35.9 Å². The van der Waals surface area contributed by atoms with E-state index in [1.165, 1.54) is 0 Å². The van der Waals surface area contributed by atoms with Crippen LogP contribution in [0.5, 0.6) is 0 Å². The fourth-order valence-electron chi connectivity index (χ4n) is 0.991. The largest absolute Gasteiger partial charge is 0.481 e. The molecule has 1 aromatic rings. The maximum absolute atomic E-state index is 10.5. The van der Waals surface area contributed by atoms with Crippen LogP contribution in [0.4, 0.5) is 0 Å². The van der Waals surface area contributed by atoms with Crippen molar-refractivity contribution >= 4 is 17.9 Å². The fraction of sp³-hybridized carbons (Fsp3) is 0.250. The molecular weight excluding hydrogens is 222 g/mol. The van der Waals surface area contributed by atoms with Crippen molar-refractivity contribution < 1.29 is 34.2 Å². The van der Waals surface area contributed by atoms with Gasteiger partial charge in [0, 0.05) is 12.5 Å². The summed E-state index contributed by atoms with van der Waals surface area (Å²) in [7, 11) is 0. The predicted octanol–water partition coefficient (Wildman–Crippen LogP) is -0.299. The van der Waals surface area contributed by atoms with Gasteiger partial charge in [0.2, 0.25) is 0 Å². The molecule has 0 aromatic carbocycles. The summed E-state index contributed by atoms with van der Waals surface area (Å²) in [5, 5.41) is 28.7. The molecule has 0 aliphatic rings. The van der Waals surface area contributed by atoms with Gasteiger partial charge in [-0.2, -0.15) is 0 Å². The van der Waals surface area contributed by atoms with Crippen molar-refractivity contribution in [3.63, 3.8) is 0 Å². The Bertz CT molecular complexity index is 421. The van der Waals surface area contributed by atoms with Crippen molar-refractivity contribution in [2.75, 3.05) is 0 Å². The molecule has 0 spiro atoms. The third kappa shape index (κ3) is 2.56. The Balaban J connectivity index is 2.82. The second kappa shape index (κ2) is 4.43. The van der Waals surface area contributed by atoms with E-state index in [0.29, 0.717) is 0 Å². The van der Waals surface area contributed by atoms with Gasteiger partial charge in [-0.25, -0.2) is 4.79 Å². The van der Waals surface area contributed by atoms with Gasteiger partial charge in [-0.05, 0) is 0 Å². The van der Waals surface area contributed by atoms with Crippen LogP contribution in [0.1, 0.15) is 16.2 Å². The summed E-state index contributed by atoms with van der Waals surface area (Å²) in [6.45, 7) is 0. The van der Waals surface area contributed by atoms with E-state index in [4.69, 9.17) is 15.3 Å². The van der Waals surface area contributed by atoms with Crippen molar-refractivity contribution in [1.82, 2.24) is 5.16 Å². The molecule has 0 amide bonds. The molecule has 16 heavy (non-hydrogen) atoms. The Morgan fingerprint density at radius 2 is 1.81 bits per heavy atom. The van der Waals surface area contributed by atoms with E-state index in [2.05, 4.69) is 9.68 Å². The fourth-order valence-corrected chi connectivity index (χ4v) is 0.991. The van der Waals surface area contributed by atoms with E-state index in [1.54, 1.807) is 0 Å². The lowest BCUT2D eigenvalue weighted by Gasteiger charge is -2.02. The van der Waals surface area contributed by atoms with Gasteiger partial charge >= 0.3 is 17.9 Å². The van der Waals surface area contributed by atoms with E-state index >= 15 is 0 Å². The number of hydrogen-bond acceptors (Lipinski definition) is 5. The molecule has 8 heteroatoms. The molecule has 86 valence electrons. The Labute approximate surface area is 88.1 Å². The second-order valence-electron chi connectivity index (χ2n) is 2.92. The first-order valence-electron chi connectivity index (χ1n) is 4.06. The molecule has 0 aliphatic carbocycles. The maximum Gasteiger partial charge on any atom is 0.358 e. The van der Waals surface area contributed by atoms with Crippen LogP contribution in [0, 0.1) is 5.92 Å². The number of aromatic carboxylic acids is 1. The van der Waals surface area contributed by atoms with Crippen molar-refractivity contribution in [3.05, 3.63) is 17.5 Å². The molecule has 1 heterocycles. The minimum Gasteiger partial charge on any atom is -0.481 e. The molecule has 0 saturated carbocycles. The Kier molecular flexibility index (Phi) is 3.24. The van der Waals surface area contributed by atoms with E-state index in [9.17, 15) is 14.4 Å². The normalized spacial score (nSPS) is 10.3. The lowest BCUT2D eigenvalue weighted by Crippen LogP contribution is -2.25. The van der Waals surface area contributed by atoms with Crippen LogP contribution in [-0.4, -0.2) is 38.4 Å². The van der Waals surface area contributed by atoms with Crippen molar-refractivity contribution in [3.8, 4) is 0 Å². The highest BCUT2D eigenvalue weighted by atomic mass is 16.5. The van der Waals surface area contributed by atoms with Gasteiger partial charge in [0.25, 0.3) is 0 Å². The van der Waals surface area contributed by atoms with Crippen molar-refractivity contribution in [1.29, 1.82) is 0 Å². The van der Waals surface area contributed by atoms with Crippen LogP contribution in [0.25, 0.3) is 0 Å². The van der Waals surface area contributed by atoms with Crippen LogP contribution in [0.3, 0.4) is 0 Å². The molecule has 8 nitrogen and oxygen atoms in total. The Hall–Kier alpha value is -2.38. The number of carboxylic acid groups (broad SMARTS) is 3. The molecule has 0 fully saturated rings. The summed E-state index contributed by atoms with van der Waals surface area (Å²) >= 11 is 0. The number of aliphatic carboxylic acids is 2. The summed E-state index contributed by atoms with van der Waals surface area (Å²) in [6, 6.07) is 0.987. The quantitative estimate of drug-likeness (QED) is 0.585. The van der Waals surface area contributed by atoms with Crippen LogP contribution < -0.4 is 0 Å². The smallest absolute Gasteiger partial charge is 0.358 e. The molecule has 1 rings (SSSR count). The van der Waals surface area contributed by atoms with E-state index in [0.717, 1.165) is 6.07 Å². The zero-order chi connectivity index (χ0) is 12.3. The van der Waals surface area contributed by atoms with Gasteiger partial charge in [0.1, 0.15) is 5.76 Å². The molecule has 0 saturated heterocycles. The molecule has 0 bridgehead atoms. The average Bonchev–Trinajstić information content (AvgIpc) is 2.61. The topological polar surface area (TPSA) is 138 Å². The van der Waals surface area contributed by atoms with Crippen molar-refractivity contribution in [2.24, 2.45) is 5.92 Å². The third-order valence-electron chi connectivity index (χ3n) is 1.78. The summed E-state index contributed by atoms with van der Waals surface area (Å²) in [5.74, 6) is -6.18. The van der Waals surface area contributed by atoms with Gasteiger partial charge in [-0.15, -0.1) is 0 Å². The van der Waals surface area contributed by atoms with Gasteiger partial charge in [0.15, 0.2) is 11.6 Å². The van der Waals surface area contributed by atoms with Crippen LogP contribution in [0.2, 0.25) is 0 Å². The minimum absolute atomic E-state index is 0.104. The average molecular weight is 229 g/mol. The monoisotopic (exact) mass is 229 g/mol. The van der Waals surface area contributed by atoms with E-state index in [-0.39, 0.29) is 5.76 Å². The highest BCUT2D eigenvalue weighted by molar-refractivity contribution is 5.93. The Morgan fingerprint density at radius 3 is 2.19 bits per heavy atom. The Morgan fingerprint density at radius 1 is 1.25 bits per heavy atom. The molecular formula is C8H7NO7. The standard InChI is InChI=1S/C8H7NO7/c10-6(11)4(7(12)13)1-3-2-5(8(14)15)9-16-3/h2,4H,1H2,(H,10,11)(H,12,13)(H,14,15). The van der Waals surface area contributed by atoms with Crippen LogP contribution in [0.15, 0.2) is 10.6 Å². The molecule has 0 radical (unpaired) electrons. The van der Waals surface area contributed by atoms with Crippen LogP contribution >= 0.6 is 0 Å². The lowest BCUT2D eigenvalue weighted by atomic mass is 10.0. The zero-order valence-corrected chi connectivity index (χ0v) is 7.78. The molecule has 3 N–H and O–H groups in total. The summed E-state index contributed by atoms with van der Waals surface area (Å²) in [5.41, 5.74) is -0.399. The zero-order valence-electron chi connectivity index (χ0n) is 7.78. The highest BCUT2D eigenvalue weighted by Crippen LogP contribution is 2.11. The van der Waals surface area contributed by atoms with Gasteiger partial charge in [-0.1, -0.05) is 5.16 Å². The number of carbonyl (C=O) groups is 3. The first-order chi connectivity index (χ1) is 7.41. The summed E-state index contributed by atoms with van der Waals surface area (Å²) in [6.07, 6.45) is -0.453. The first kappa shape index (κ1) is 11.7. The second-order valence-corrected chi connectivity index (χ2v) is 2.92.